The summed E-state index contributed by atoms with van der Waals surface area (Å²) in [5, 5.41) is 0. The van der Waals surface area contributed by atoms with Gasteiger partial charge in [0.15, 0.2) is 0 Å². The number of carbonyl (C=O) groups excluding carboxylic acids is 1. The summed E-state index contributed by atoms with van der Waals surface area (Å²) in [6, 6.07) is 2.35. The Morgan fingerprint density at radius 3 is 1.72 bits per heavy atom. The molecule has 0 aromatic heterocycles. The fourth-order valence-corrected chi connectivity index (χ4v) is 2.80. The summed E-state index contributed by atoms with van der Waals surface area (Å²) in [6.07, 6.45) is 0.266. The van der Waals surface area contributed by atoms with Crippen LogP contribution in [0.1, 0.15) is 13.2 Å². The molecular weight excluding hydrogens is 306 g/mol. The van der Waals surface area contributed by atoms with Crippen LogP contribution in [0.25, 0.3) is 0 Å². The van der Waals surface area contributed by atoms with Crippen LogP contribution in [0.15, 0.2) is 28.0 Å². The Labute approximate surface area is 151 Å². The zero-order chi connectivity index (χ0) is 12.6. The molecule has 0 spiro atoms. The predicted molar refractivity (Wildman–Crippen MR) is 53.7 cm³/mol. The molecule has 0 radical (unpaired) electrons. The van der Waals surface area contributed by atoms with E-state index in [0.717, 1.165) is 6.07 Å². The molecular formula is C7H8Na2O7S2. The van der Waals surface area contributed by atoms with E-state index in [-0.39, 0.29) is 73.8 Å². The molecule has 1 rings (SSSR count). The summed E-state index contributed by atoms with van der Waals surface area (Å²) in [6.45, 7) is 0. The molecule has 0 saturated carbocycles. The van der Waals surface area contributed by atoms with Crippen molar-refractivity contribution in [3.8, 4) is 0 Å². The minimum atomic E-state index is -4.85. The van der Waals surface area contributed by atoms with Crippen molar-refractivity contribution >= 4 is 26.5 Å². The minimum Gasteiger partial charge on any atom is -1.00 e. The molecule has 0 atom stereocenters. The fraction of sp³-hybridized carbons (Fsp3) is 0. The van der Waals surface area contributed by atoms with Crippen LogP contribution in [-0.4, -0.2) is 32.2 Å². The van der Waals surface area contributed by atoms with Crippen LogP contribution in [0.2, 0.25) is 0 Å². The summed E-state index contributed by atoms with van der Waals surface area (Å²) in [5.74, 6) is 0. The van der Waals surface area contributed by atoms with E-state index in [1.807, 2.05) is 0 Å². The van der Waals surface area contributed by atoms with Crippen molar-refractivity contribution in [1.29, 1.82) is 0 Å². The number of benzene rings is 1. The number of hydrogen-bond donors (Lipinski definition) is 2. The molecule has 0 bridgehead atoms. The number of aldehydes is 1. The summed E-state index contributed by atoms with van der Waals surface area (Å²) in [5.41, 5.74) is -0.153. The molecule has 11 heteroatoms. The second kappa shape index (κ2) is 7.48. The van der Waals surface area contributed by atoms with E-state index in [0.29, 0.717) is 12.1 Å². The van der Waals surface area contributed by atoms with Gasteiger partial charge in [-0.05, 0) is 12.1 Å². The average Bonchev–Trinajstić information content (AvgIpc) is 2.14. The Kier molecular flexibility index (Phi) is 8.73. The number of rotatable bonds is 3. The van der Waals surface area contributed by atoms with Gasteiger partial charge in [-0.25, -0.2) is 0 Å². The molecule has 1 aromatic rings. The van der Waals surface area contributed by atoms with Crippen LogP contribution in [-0.2, 0) is 20.2 Å². The SMILES string of the molecule is O=Cc1ccc(S(=O)(=O)O)c(S(=O)(=O)O)c1.[H-].[H-].[Na+].[Na+]. The monoisotopic (exact) mass is 314 g/mol. The average molecular weight is 314 g/mol. The van der Waals surface area contributed by atoms with Crippen LogP contribution in [0.4, 0.5) is 0 Å². The molecule has 0 aliphatic rings. The molecule has 2 N–H and O–H groups in total. The van der Waals surface area contributed by atoms with E-state index >= 15 is 0 Å². The van der Waals surface area contributed by atoms with E-state index in [1.165, 1.54) is 0 Å². The van der Waals surface area contributed by atoms with Crippen LogP contribution >= 0.6 is 0 Å². The molecule has 0 unspecified atom stereocenters. The predicted octanol–water partition coefficient (Wildman–Crippen LogP) is -5.77. The van der Waals surface area contributed by atoms with Crippen molar-refractivity contribution in [3.05, 3.63) is 23.8 Å². The smallest absolute Gasteiger partial charge is 1.00 e. The van der Waals surface area contributed by atoms with Gasteiger partial charge in [-0.1, -0.05) is 6.07 Å². The van der Waals surface area contributed by atoms with Crippen LogP contribution in [0, 0.1) is 0 Å². The Balaban J connectivity index is -0.000000320. The maximum absolute atomic E-state index is 10.8. The number of hydrogen-bond acceptors (Lipinski definition) is 5. The third-order valence-electron chi connectivity index (χ3n) is 1.66. The molecule has 0 fully saturated rings. The van der Waals surface area contributed by atoms with Crippen molar-refractivity contribution in [2.45, 2.75) is 9.79 Å². The molecule has 92 valence electrons. The topological polar surface area (TPSA) is 126 Å². The fourth-order valence-electron chi connectivity index (χ4n) is 1.01. The van der Waals surface area contributed by atoms with E-state index < -0.39 is 30.0 Å². The van der Waals surface area contributed by atoms with Crippen molar-refractivity contribution in [2.75, 3.05) is 0 Å². The first-order valence-corrected chi connectivity index (χ1v) is 6.58. The van der Waals surface area contributed by atoms with Gasteiger partial charge < -0.3 is 2.85 Å². The van der Waals surface area contributed by atoms with Gasteiger partial charge in [-0.3, -0.25) is 13.9 Å². The van der Waals surface area contributed by atoms with Crippen molar-refractivity contribution in [2.24, 2.45) is 0 Å². The van der Waals surface area contributed by atoms with Crippen LogP contribution in [0.5, 0.6) is 0 Å². The van der Waals surface area contributed by atoms with Gasteiger partial charge in [0.25, 0.3) is 20.2 Å². The molecule has 0 aliphatic heterocycles. The van der Waals surface area contributed by atoms with Gasteiger partial charge in [-0.2, -0.15) is 16.8 Å². The van der Waals surface area contributed by atoms with E-state index in [4.69, 9.17) is 9.11 Å². The first kappa shape index (κ1) is 21.0. The summed E-state index contributed by atoms with van der Waals surface area (Å²) < 4.78 is 60.7. The van der Waals surface area contributed by atoms with Crippen molar-refractivity contribution in [1.82, 2.24) is 0 Å². The number of carbonyl (C=O) groups is 1. The largest absolute Gasteiger partial charge is 1.00 e. The van der Waals surface area contributed by atoms with Gasteiger partial charge in [0.1, 0.15) is 16.1 Å². The first-order chi connectivity index (χ1) is 7.16. The molecule has 0 aliphatic carbocycles. The van der Waals surface area contributed by atoms with Gasteiger partial charge in [0.2, 0.25) is 0 Å². The van der Waals surface area contributed by atoms with Crippen molar-refractivity contribution < 1.29 is 92.7 Å². The third kappa shape index (κ3) is 5.37. The van der Waals surface area contributed by atoms with Gasteiger partial charge in [0, 0.05) is 5.56 Å². The second-order valence-electron chi connectivity index (χ2n) is 2.77. The quantitative estimate of drug-likeness (QED) is 0.323. The van der Waals surface area contributed by atoms with Crippen LogP contribution < -0.4 is 59.1 Å². The molecule has 0 saturated heterocycles. The standard InChI is InChI=1S/C7H6O7S2.2Na.2H/c8-4-5-1-2-6(15(9,10)11)7(3-5)16(12,13)14;;;;/h1-4H,(H,9,10,11)(H,12,13,14);;;;/q;2*+1;2*-1. The Morgan fingerprint density at radius 2 is 1.39 bits per heavy atom. The normalized spacial score (nSPS) is 11.0. The molecule has 18 heavy (non-hydrogen) atoms. The molecule has 0 amide bonds. The Morgan fingerprint density at radius 1 is 0.944 bits per heavy atom. The van der Waals surface area contributed by atoms with Gasteiger partial charge >= 0.3 is 59.1 Å². The van der Waals surface area contributed by atoms with Gasteiger partial charge in [-0.15, -0.1) is 0 Å². The molecule has 1 aromatic carbocycles. The summed E-state index contributed by atoms with van der Waals surface area (Å²) >= 11 is 0. The molecule has 0 heterocycles. The van der Waals surface area contributed by atoms with E-state index in [2.05, 4.69) is 0 Å². The van der Waals surface area contributed by atoms with Gasteiger partial charge in [0.05, 0.1) is 0 Å². The third-order valence-corrected chi connectivity index (χ3v) is 3.59. The van der Waals surface area contributed by atoms with Crippen molar-refractivity contribution in [3.63, 3.8) is 0 Å². The van der Waals surface area contributed by atoms with E-state index in [1.54, 1.807) is 0 Å². The van der Waals surface area contributed by atoms with E-state index in [9.17, 15) is 21.6 Å². The summed E-state index contributed by atoms with van der Waals surface area (Å²) in [4.78, 5) is 8.33. The first-order valence-electron chi connectivity index (χ1n) is 3.70. The maximum atomic E-state index is 10.8. The molecule has 7 nitrogen and oxygen atoms in total. The Hall–Kier alpha value is 0.710. The minimum absolute atomic E-state index is 0. The Bertz CT molecular complexity index is 645. The zero-order valence-corrected chi connectivity index (χ0v) is 15.2. The maximum Gasteiger partial charge on any atom is 1.00 e. The zero-order valence-electron chi connectivity index (χ0n) is 11.6. The van der Waals surface area contributed by atoms with Crippen LogP contribution in [0.3, 0.4) is 0 Å². The summed E-state index contributed by atoms with van der Waals surface area (Å²) in [7, 11) is -9.64. The second-order valence-corrected chi connectivity index (χ2v) is 5.55.